The first kappa shape index (κ1) is 13.9. The fourth-order valence-electron chi connectivity index (χ4n) is 2.78. The van der Waals surface area contributed by atoms with Gasteiger partial charge in [0, 0.05) is 17.5 Å². The number of methoxy groups -OCH3 is 1. The van der Waals surface area contributed by atoms with Crippen LogP contribution in [0.4, 0.5) is 0 Å². The van der Waals surface area contributed by atoms with Gasteiger partial charge in [0.25, 0.3) is 0 Å². The molecule has 1 aliphatic rings. The first-order valence-corrected chi connectivity index (χ1v) is 7.54. The second-order valence-electron chi connectivity index (χ2n) is 5.86. The van der Waals surface area contributed by atoms with Gasteiger partial charge in [0.05, 0.1) is 7.11 Å². The molecule has 2 aromatic carbocycles. The molecule has 0 aromatic heterocycles. The van der Waals surface area contributed by atoms with E-state index in [9.17, 15) is 4.79 Å². The molecule has 3 rings (SSSR count). The van der Waals surface area contributed by atoms with Gasteiger partial charge in [-0.05, 0) is 43.0 Å². The third kappa shape index (κ3) is 3.02. The third-order valence-electron chi connectivity index (χ3n) is 4.06. The van der Waals surface area contributed by atoms with E-state index in [2.05, 4.69) is 30.4 Å². The van der Waals surface area contributed by atoms with Crippen LogP contribution in [-0.4, -0.2) is 19.1 Å². The van der Waals surface area contributed by atoms with E-state index in [0.717, 1.165) is 25.0 Å². The topological polar surface area (TPSA) is 38.3 Å². The summed E-state index contributed by atoms with van der Waals surface area (Å²) in [5, 5.41) is 5.51. The highest BCUT2D eigenvalue weighted by Gasteiger charge is 2.30. The minimum atomic E-state index is 0.109. The average molecular weight is 283 g/mol. The normalized spacial score (nSPS) is 15.7. The molecule has 0 spiro atoms. The summed E-state index contributed by atoms with van der Waals surface area (Å²) in [6.07, 6.45) is 2.86. The van der Waals surface area contributed by atoms with Gasteiger partial charge in [-0.15, -0.1) is 0 Å². The molecule has 110 valence electrons. The molecular weight excluding hydrogens is 262 g/mol. The number of benzene rings is 2. The lowest BCUT2D eigenvalue weighted by Gasteiger charge is -2.17. The lowest BCUT2D eigenvalue weighted by molar-refractivity contribution is -0.122. The van der Waals surface area contributed by atoms with Gasteiger partial charge in [0.2, 0.25) is 5.91 Å². The number of hydrogen-bond acceptors (Lipinski definition) is 2. The minimum Gasteiger partial charge on any atom is -0.496 e. The summed E-state index contributed by atoms with van der Waals surface area (Å²) >= 11 is 0. The minimum absolute atomic E-state index is 0.109. The lowest BCUT2D eigenvalue weighted by Crippen LogP contribution is -2.35. The number of amides is 1. The number of fused-ring (bicyclic) bond motifs is 1. The molecule has 0 bridgehead atoms. The van der Waals surface area contributed by atoms with Gasteiger partial charge in [-0.1, -0.05) is 30.3 Å². The van der Waals surface area contributed by atoms with Gasteiger partial charge in [-0.2, -0.15) is 0 Å². The molecule has 21 heavy (non-hydrogen) atoms. The van der Waals surface area contributed by atoms with Gasteiger partial charge in [0.15, 0.2) is 0 Å². The van der Waals surface area contributed by atoms with Crippen LogP contribution in [0.1, 0.15) is 25.3 Å². The summed E-state index contributed by atoms with van der Waals surface area (Å²) in [6.45, 7) is 2.06. The number of nitrogens with one attached hydrogen (secondary N) is 1. The Morgan fingerprint density at radius 1 is 1.29 bits per heavy atom. The molecule has 2 aromatic rings. The molecule has 0 saturated heterocycles. The highest BCUT2D eigenvalue weighted by molar-refractivity contribution is 5.88. The highest BCUT2D eigenvalue weighted by atomic mass is 16.5. The van der Waals surface area contributed by atoms with E-state index in [1.807, 2.05) is 18.2 Å². The van der Waals surface area contributed by atoms with E-state index in [1.54, 1.807) is 7.11 Å². The second-order valence-corrected chi connectivity index (χ2v) is 5.86. The molecular formula is C18H21NO2. The van der Waals surface area contributed by atoms with Crippen molar-refractivity contribution >= 4 is 16.7 Å². The number of hydrogen-bond donors (Lipinski definition) is 1. The third-order valence-corrected chi connectivity index (χ3v) is 4.06. The van der Waals surface area contributed by atoms with E-state index >= 15 is 0 Å². The maximum absolute atomic E-state index is 11.9. The lowest BCUT2D eigenvalue weighted by atomic mass is 9.98. The first-order chi connectivity index (χ1) is 10.2. The molecule has 1 fully saturated rings. The average Bonchev–Trinajstić information content (AvgIpc) is 3.32. The summed E-state index contributed by atoms with van der Waals surface area (Å²) in [6, 6.07) is 12.5. The molecule has 1 unspecified atom stereocenters. The van der Waals surface area contributed by atoms with Gasteiger partial charge < -0.3 is 10.1 Å². The zero-order valence-corrected chi connectivity index (χ0v) is 12.6. The Bertz CT molecular complexity index is 661. The van der Waals surface area contributed by atoms with Crippen molar-refractivity contribution in [2.75, 3.05) is 7.11 Å². The van der Waals surface area contributed by atoms with Gasteiger partial charge in [0.1, 0.15) is 5.75 Å². The Kier molecular flexibility index (Phi) is 3.82. The molecule has 3 nitrogen and oxygen atoms in total. The maximum Gasteiger partial charge on any atom is 0.223 e. The molecule has 0 heterocycles. The summed E-state index contributed by atoms with van der Waals surface area (Å²) < 4.78 is 5.51. The zero-order valence-electron chi connectivity index (χ0n) is 12.6. The SMILES string of the molecule is COc1ccc2ccccc2c1CC(C)NC(=O)C1CC1. The van der Waals surface area contributed by atoms with Crippen LogP contribution in [0.5, 0.6) is 5.75 Å². The molecule has 1 aliphatic carbocycles. The van der Waals surface area contributed by atoms with Gasteiger partial charge >= 0.3 is 0 Å². The molecule has 1 N–H and O–H groups in total. The van der Waals surface area contributed by atoms with Crippen LogP contribution < -0.4 is 10.1 Å². The number of rotatable bonds is 5. The fraction of sp³-hybridized carbons (Fsp3) is 0.389. The summed E-state index contributed by atoms with van der Waals surface area (Å²) in [5.74, 6) is 1.34. The summed E-state index contributed by atoms with van der Waals surface area (Å²) in [7, 11) is 1.70. The van der Waals surface area contributed by atoms with Crippen LogP contribution in [0.3, 0.4) is 0 Å². The van der Waals surface area contributed by atoms with Crippen molar-refractivity contribution in [3.8, 4) is 5.75 Å². The summed E-state index contributed by atoms with van der Waals surface area (Å²) in [4.78, 5) is 11.9. The molecule has 0 aliphatic heterocycles. The molecule has 1 saturated carbocycles. The van der Waals surface area contributed by atoms with Crippen LogP contribution in [0.15, 0.2) is 36.4 Å². The number of carbonyl (C=O) groups is 1. The second kappa shape index (κ2) is 5.76. The van der Waals surface area contributed by atoms with Crippen molar-refractivity contribution in [1.82, 2.24) is 5.32 Å². The number of ether oxygens (including phenoxy) is 1. The van der Waals surface area contributed by atoms with Crippen LogP contribution in [0.2, 0.25) is 0 Å². The Morgan fingerprint density at radius 3 is 2.76 bits per heavy atom. The van der Waals surface area contributed by atoms with Crippen LogP contribution in [0, 0.1) is 5.92 Å². The Balaban J connectivity index is 1.85. The van der Waals surface area contributed by atoms with Crippen molar-refractivity contribution in [3.63, 3.8) is 0 Å². The van der Waals surface area contributed by atoms with Crippen LogP contribution in [0.25, 0.3) is 10.8 Å². The molecule has 1 amide bonds. The van der Waals surface area contributed by atoms with E-state index < -0.39 is 0 Å². The molecule has 0 radical (unpaired) electrons. The van der Waals surface area contributed by atoms with E-state index in [-0.39, 0.29) is 17.9 Å². The Morgan fingerprint density at radius 2 is 2.05 bits per heavy atom. The Hall–Kier alpha value is -2.03. The quantitative estimate of drug-likeness (QED) is 0.914. The largest absolute Gasteiger partial charge is 0.496 e. The Labute approximate surface area is 125 Å². The van der Waals surface area contributed by atoms with Crippen molar-refractivity contribution in [3.05, 3.63) is 42.0 Å². The zero-order chi connectivity index (χ0) is 14.8. The smallest absolute Gasteiger partial charge is 0.223 e. The predicted octanol–water partition coefficient (Wildman–Crippen LogP) is 3.31. The van der Waals surface area contributed by atoms with Gasteiger partial charge in [-0.25, -0.2) is 0 Å². The monoisotopic (exact) mass is 283 g/mol. The maximum atomic E-state index is 11.9. The van der Waals surface area contributed by atoms with Crippen molar-refractivity contribution in [2.45, 2.75) is 32.2 Å². The van der Waals surface area contributed by atoms with E-state index in [4.69, 9.17) is 4.74 Å². The van der Waals surface area contributed by atoms with Gasteiger partial charge in [-0.3, -0.25) is 4.79 Å². The van der Waals surface area contributed by atoms with Crippen molar-refractivity contribution < 1.29 is 9.53 Å². The standard InChI is InChI=1S/C18H21NO2/c1-12(19-18(20)14-7-8-14)11-16-15-6-4-3-5-13(15)9-10-17(16)21-2/h3-6,9-10,12,14H,7-8,11H2,1-2H3,(H,19,20). The first-order valence-electron chi connectivity index (χ1n) is 7.54. The highest BCUT2D eigenvalue weighted by Crippen LogP contribution is 2.31. The van der Waals surface area contributed by atoms with Crippen molar-refractivity contribution in [1.29, 1.82) is 0 Å². The van der Waals surface area contributed by atoms with Crippen LogP contribution >= 0.6 is 0 Å². The van der Waals surface area contributed by atoms with Crippen LogP contribution in [-0.2, 0) is 11.2 Å². The molecule has 1 atom stereocenters. The predicted molar refractivity (Wildman–Crippen MR) is 84.5 cm³/mol. The molecule has 3 heteroatoms. The van der Waals surface area contributed by atoms with E-state index in [0.29, 0.717) is 0 Å². The van der Waals surface area contributed by atoms with E-state index in [1.165, 1.54) is 16.3 Å². The fourth-order valence-corrected chi connectivity index (χ4v) is 2.78. The van der Waals surface area contributed by atoms with Crippen molar-refractivity contribution in [2.24, 2.45) is 5.92 Å². The summed E-state index contributed by atoms with van der Waals surface area (Å²) in [5.41, 5.74) is 1.17. The number of carbonyl (C=O) groups excluding carboxylic acids is 1.